The van der Waals surface area contributed by atoms with Gasteiger partial charge in [0.25, 0.3) is 0 Å². The number of nitriles is 1. The molecule has 220 valence electrons. The number of nitrogen functional groups attached to an aromatic ring is 1. The van der Waals surface area contributed by atoms with E-state index in [1.54, 1.807) is 40.9 Å². The van der Waals surface area contributed by atoms with Gasteiger partial charge in [-0.1, -0.05) is 18.2 Å². The van der Waals surface area contributed by atoms with E-state index in [0.717, 1.165) is 18.5 Å². The lowest BCUT2D eigenvalue weighted by Crippen LogP contribution is -2.40. The molecule has 2 aromatic heterocycles. The smallest absolute Gasteiger partial charge is 0.459 e. The maximum atomic E-state index is 14.0. The van der Waals surface area contributed by atoms with Crippen molar-refractivity contribution in [3.05, 3.63) is 54.5 Å². The van der Waals surface area contributed by atoms with Crippen LogP contribution in [0.15, 0.2) is 48.8 Å². The molecule has 13 nitrogen and oxygen atoms in total. The highest BCUT2D eigenvalue weighted by Crippen LogP contribution is 2.46. The number of aryl methyl sites for hydroxylation is 1. The highest BCUT2D eigenvalue weighted by atomic mass is 31.2. The number of para-hydroxylation sites is 1. The van der Waals surface area contributed by atoms with E-state index in [2.05, 4.69) is 21.2 Å². The zero-order chi connectivity index (χ0) is 29.5. The second-order valence-corrected chi connectivity index (χ2v) is 11.8. The Hall–Kier alpha value is -3.53. The van der Waals surface area contributed by atoms with Crippen molar-refractivity contribution in [2.45, 2.75) is 69.2 Å². The first-order valence-electron chi connectivity index (χ1n) is 13.4. The molecular formula is C27H36N7O6P. The third-order valence-corrected chi connectivity index (χ3v) is 8.71. The summed E-state index contributed by atoms with van der Waals surface area (Å²) in [7, 11) is -2.84. The van der Waals surface area contributed by atoms with E-state index in [4.69, 9.17) is 30.0 Å². The van der Waals surface area contributed by atoms with E-state index >= 15 is 0 Å². The predicted molar refractivity (Wildman–Crippen MR) is 151 cm³/mol. The lowest BCUT2D eigenvalue weighted by atomic mass is 9.94. The van der Waals surface area contributed by atoms with Gasteiger partial charge >= 0.3 is 13.7 Å². The first kappa shape index (κ1) is 30.4. The number of anilines is 1. The molecular weight excluding hydrogens is 549 g/mol. The molecule has 0 bridgehead atoms. The van der Waals surface area contributed by atoms with Crippen LogP contribution in [0.1, 0.15) is 44.7 Å². The highest BCUT2D eigenvalue weighted by Gasteiger charge is 2.39. The van der Waals surface area contributed by atoms with Crippen LogP contribution in [0.4, 0.5) is 5.82 Å². The first-order valence-corrected chi connectivity index (χ1v) is 15.0. The number of hydrogen-bond donors (Lipinski definition) is 3. The number of carbonyl (C=O) groups excluding carboxylic acids is 1. The zero-order valence-electron chi connectivity index (χ0n) is 23.1. The van der Waals surface area contributed by atoms with Crippen molar-refractivity contribution in [1.82, 2.24) is 19.7 Å². The lowest BCUT2D eigenvalue weighted by molar-refractivity contribution is -0.152. The molecule has 0 spiro atoms. The van der Waals surface area contributed by atoms with E-state index < -0.39 is 32.0 Å². The predicted octanol–water partition coefficient (Wildman–Crippen LogP) is 3.15. The summed E-state index contributed by atoms with van der Waals surface area (Å²) >= 11 is 0. The van der Waals surface area contributed by atoms with Crippen LogP contribution in [0, 0.1) is 11.3 Å². The lowest BCUT2D eigenvalue weighted by Gasteiger charge is -2.30. The number of nitrogens with zero attached hydrogens (tertiary/aromatic N) is 4. The minimum absolute atomic E-state index is 0.109. The van der Waals surface area contributed by atoms with Gasteiger partial charge in [0.05, 0.1) is 0 Å². The number of ether oxygens (including phenoxy) is 2. The monoisotopic (exact) mass is 585 g/mol. The second-order valence-electron chi connectivity index (χ2n) is 10.1. The van der Waals surface area contributed by atoms with Gasteiger partial charge in [0.1, 0.15) is 42.4 Å². The fourth-order valence-electron chi connectivity index (χ4n) is 4.56. The van der Waals surface area contributed by atoms with Gasteiger partial charge in [-0.05, 0) is 69.7 Å². The number of methoxy groups -OCH3 is 1. The van der Waals surface area contributed by atoms with Gasteiger partial charge < -0.3 is 25.5 Å². The molecule has 1 saturated carbocycles. The summed E-state index contributed by atoms with van der Waals surface area (Å²) in [5, 5.41) is 17.0. The largest absolute Gasteiger partial charge is 0.461 e. The maximum absolute atomic E-state index is 14.0. The van der Waals surface area contributed by atoms with Crippen LogP contribution in [0.2, 0.25) is 0 Å². The summed E-state index contributed by atoms with van der Waals surface area (Å²) in [6.07, 6.45) is 4.50. The van der Waals surface area contributed by atoms with E-state index in [1.807, 2.05) is 6.07 Å². The standard InChI is InChI=1S/C27H36N7O6P/c1-19(26(35)39-22-11-8-20(29)9-12-22)33-41(36,40-23-6-4-3-5-7-23)38-17-27(16-28,37-2)15-14-21-10-13-24-25(30)31-18-32-34(21)24/h3-7,10,13,18-20,22H,8-9,11-12,14-15,17,29H2,1-2H3,(H,33,36)(H2,30,31,32)/t19-,20-,22-,27+,41?/m0/s1. The SMILES string of the molecule is CO[C@@](C#N)(CCc1ccc2c(N)ncnn12)COP(=O)(N[C@@H](C)C(=O)O[C@H]1CC[C@H](N)CC1)Oc1ccccc1. The molecule has 0 saturated heterocycles. The molecule has 14 heteroatoms. The number of aromatic nitrogens is 3. The van der Waals surface area contributed by atoms with Crippen molar-refractivity contribution in [3.8, 4) is 11.8 Å². The van der Waals surface area contributed by atoms with Gasteiger partial charge in [-0.15, -0.1) is 0 Å². The number of hydrogen-bond acceptors (Lipinski definition) is 11. The molecule has 4 rings (SSSR count). The fourth-order valence-corrected chi connectivity index (χ4v) is 6.09. The van der Waals surface area contributed by atoms with E-state index in [9.17, 15) is 14.6 Å². The minimum atomic E-state index is -4.21. The van der Waals surface area contributed by atoms with Crippen LogP contribution >= 0.6 is 7.75 Å². The summed E-state index contributed by atoms with van der Waals surface area (Å²) in [6, 6.07) is 13.2. The van der Waals surface area contributed by atoms with E-state index in [0.29, 0.717) is 30.6 Å². The topological polar surface area (TPSA) is 189 Å². The van der Waals surface area contributed by atoms with Crippen LogP contribution in [0.3, 0.4) is 0 Å². The summed E-state index contributed by atoms with van der Waals surface area (Å²) < 4.78 is 38.3. The van der Waals surface area contributed by atoms with Gasteiger partial charge in [-0.2, -0.15) is 15.4 Å². The molecule has 0 radical (unpaired) electrons. The Morgan fingerprint density at radius 1 is 1.24 bits per heavy atom. The average molecular weight is 586 g/mol. The van der Waals surface area contributed by atoms with Crippen LogP contribution < -0.4 is 21.1 Å². The van der Waals surface area contributed by atoms with Crippen molar-refractivity contribution in [3.63, 3.8) is 0 Å². The van der Waals surface area contributed by atoms with Crippen molar-refractivity contribution in [2.75, 3.05) is 19.5 Å². The number of nitrogens with two attached hydrogens (primary N) is 2. The number of fused-ring (bicyclic) bond motifs is 1. The fraction of sp³-hybridized carbons (Fsp3) is 0.481. The van der Waals surface area contributed by atoms with Crippen LogP contribution in [-0.2, 0) is 29.8 Å². The van der Waals surface area contributed by atoms with Crippen molar-refractivity contribution >= 4 is 25.1 Å². The first-order chi connectivity index (χ1) is 19.7. The summed E-state index contributed by atoms with van der Waals surface area (Å²) in [5.74, 6) is -0.00894. The quantitative estimate of drug-likeness (QED) is 0.197. The Kier molecular flexibility index (Phi) is 9.96. The van der Waals surface area contributed by atoms with Gasteiger partial charge in [0.15, 0.2) is 11.4 Å². The third-order valence-electron chi connectivity index (χ3n) is 7.08. The normalized spacial score (nSPS) is 20.8. The second kappa shape index (κ2) is 13.4. The van der Waals surface area contributed by atoms with Crippen molar-refractivity contribution < 1.29 is 27.9 Å². The van der Waals surface area contributed by atoms with E-state index in [-0.39, 0.29) is 24.3 Å². The maximum Gasteiger partial charge on any atom is 0.459 e. The molecule has 1 aliphatic carbocycles. The summed E-state index contributed by atoms with van der Waals surface area (Å²) in [5.41, 5.74) is 11.8. The average Bonchev–Trinajstić information content (AvgIpc) is 3.39. The van der Waals surface area contributed by atoms with Crippen LogP contribution in [0.25, 0.3) is 5.52 Å². The Morgan fingerprint density at radius 2 is 1.98 bits per heavy atom. The molecule has 1 aromatic carbocycles. The molecule has 5 N–H and O–H groups in total. The van der Waals surface area contributed by atoms with Gasteiger partial charge in [-0.3, -0.25) is 9.32 Å². The molecule has 0 aliphatic heterocycles. The molecule has 3 aromatic rings. The zero-order valence-corrected chi connectivity index (χ0v) is 24.0. The minimum Gasteiger partial charge on any atom is -0.461 e. The summed E-state index contributed by atoms with van der Waals surface area (Å²) in [6.45, 7) is 1.10. The van der Waals surface area contributed by atoms with E-state index in [1.165, 1.54) is 20.4 Å². The van der Waals surface area contributed by atoms with Crippen LogP contribution in [0.5, 0.6) is 5.75 Å². The Bertz CT molecular complexity index is 1410. The van der Waals surface area contributed by atoms with Crippen LogP contribution in [-0.4, -0.2) is 58.1 Å². The Morgan fingerprint density at radius 3 is 2.66 bits per heavy atom. The van der Waals surface area contributed by atoms with Gasteiger partial charge in [0, 0.05) is 18.8 Å². The van der Waals surface area contributed by atoms with Gasteiger partial charge in [0.2, 0.25) is 0 Å². The number of benzene rings is 1. The number of carbonyl (C=O) groups is 1. The number of esters is 1. The molecule has 41 heavy (non-hydrogen) atoms. The number of rotatable bonds is 13. The molecule has 1 aliphatic rings. The molecule has 1 unspecified atom stereocenters. The summed E-state index contributed by atoms with van der Waals surface area (Å²) in [4.78, 5) is 16.8. The molecule has 3 atom stereocenters. The molecule has 2 heterocycles. The Balaban J connectivity index is 1.46. The van der Waals surface area contributed by atoms with Crippen molar-refractivity contribution in [1.29, 1.82) is 5.26 Å². The molecule has 1 fully saturated rings. The number of nitrogens with one attached hydrogen (secondary N) is 1. The molecule has 0 amide bonds. The highest BCUT2D eigenvalue weighted by molar-refractivity contribution is 7.52. The van der Waals surface area contributed by atoms with Gasteiger partial charge in [-0.25, -0.2) is 14.1 Å². The Labute approximate surface area is 238 Å². The van der Waals surface area contributed by atoms with Crippen molar-refractivity contribution in [2.24, 2.45) is 5.73 Å². The third kappa shape index (κ3) is 7.81.